The highest BCUT2D eigenvalue weighted by Gasteiger charge is 2.11. The van der Waals surface area contributed by atoms with Crippen LogP contribution in [0.1, 0.15) is 12.5 Å². The van der Waals surface area contributed by atoms with E-state index in [0.29, 0.717) is 37.6 Å². The number of anilines is 2. The van der Waals surface area contributed by atoms with Gasteiger partial charge in [0.15, 0.2) is 11.5 Å². The summed E-state index contributed by atoms with van der Waals surface area (Å²) in [6, 6.07) is 12.4. The SMILES string of the molecule is CC(=O)Nc1cccc(NC(=O)NCCc2ccc3c(c2)OCCO3)c1. The van der Waals surface area contributed by atoms with Crippen LogP contribution in [-0.4, -0.2) is 31.7 Å². The summed E-state index contributed by atoms with van der Waals surface area (Å²) in [6.07, 6.45) is 0.677. The second-order valence-electron chi connectivity index (χ2n) is 5.87. The molecule has 7 heteroatoms. The molecule has 2 aromatic rings. The second-order valence-corrected chi connectivity index (χ2v) is 5.87. The number of ether oxygens (including phenoxy) is 2. The predicted octanol–water partition coefficient (Wildman–Crippen LogP) is 2.78. The molecule has 0 radical (unpaired) electrons. The largest absolute Gasteiger partial charge is 0.486 e. The van der Waals surface area contributed by atoms with E-state index in [-0.39, 0.29) is 11.9 Å². The molecule has 0 saturated heterocycles. The molecule has 136 valence electrons. The Labute approximate surface area is 151 Å². The summed E-state index contributed by atoms with van der Waals surface area (Å²) in [5.41, 5.74) is 2.29. The number of rotatable bonds is 5. The summed E-state index contributed by atoms with van der Waals surface area (Å²) in [5.74, 6) is 1.34. The van der Waals surface area contributed by atoms with Gasteiger partial charge in [-0.05, 0) is 42.3 Å². The fourth-order valence-corrected chi connectivity index (χ4v) is 2.62. The smallest absolute Gasteiger partial charge is 0.319 e. The van der Waals surface area contributed by atoms with Crippen molar-refractivity contribution >= 4 is 23.3 Å². The third-order valence-electron chi connectivity index (χ3n) is 3.75. The molecule has 1 heterocycles. The van der Waals surface area contributed by atoms with Crippen LogP contribution in [0.4, 0.5) is 16.2 Å². The number of urea groups is 1. The van der Waals surface area contributed by atoms with Crippen molar-refractivity contribution in [3.63, 3.8) is 0 Å². The van der Waals surface area contributed by atoms with Crippen molar-refractivity contribution < 1.29 is 19.1 Å². The highest BCUT2D eigenvalue weighted by Crippen LogP contribution is 2.30. The van der Waals surface area contributed by atoms with Crippen molar-refractivity contribution in [2.45, 2.75) is 13.3 Å². The Hall–Kier alpha value is -3.22. The molecule has 2 aromatic carbocycles. The van der Waals surface area contributed by atoms with Gasteiger partial charge in [-0.25, -0.2) is 4.79 Å². The number of hydrogen-bond acceptors (Lipinski definition) is 4. The molecule has 1 aliphatic heterocycles. The van der Waals surface area contributed by atoms with Crippen molar-refractivity contribution in [2.75, 3.05) is 30.4 Å². The number of nitrogens with one attached hydrogen (secondary N) is 3. The first-order valence-corrected chi connectivity index (χ1v) is 8.41. The van der Waals surface area contributed by atoms with Crippen molar-refractivity contribution in [1.82, 2.24) is 5.32 Å². The van der Waals surface area contributed by atoms with Crippen LogP contribution in [0.25, 0.3) is 0 Å². The Balaban J connectivity index is 1.48. The van der Waals surface area contributed by atoms with E-state index in [1.54, 1.807) is 24.3 Å². The maximum Gasteiger partial charge on any atom is 0.319 e. The fourth-order valence-electron chi connectivity index (χ4n) is 2.62. The van der Waals surface area contributed by atoms with Crippen LogP contribution >= 0.6 is 0 Å². The molecule has 7 nitrogen and oxygen atoms in total. The fraction of sp³-hybridized carbons (Fsp3) is 0.263. The lowest BCUT2D eigenvalue weighted by molar-refractivity contribution is -0.114. The maximum atomic E-state index is 12.0. The number of fused-ring (bicyclic) bond motifs is 1. The molecule has 0 aliphatic carbocycles. The topological polar surface area (TPSA) is 88.7 Å². The minimum absolute atomic E-state index is 0.161. The molecule has 3 rings (SSSR count). The van der Waals surface area contributed by atoms with Gasteiger partial charge in [0.2, 0.25) is 5.91 Å². The second kappa shape index (κ2) is 8.24. The van der Waals surface area contributed by atoms with Gasteiger partial charge in [0.05, 0.1) is 0 Å². The van der Waals surface area contributed by atoms with Gasteiger partial charge >= 0.3 is 6.03 Å². The van der Waals surface area contributed by atoms with Crippen LogP contribution in [0, 0.1) is 0 Å². The van der Waals surface area contributed by atoms with Gasteiger partial charge in [0.1, 0.15) is 13.2 Å². The van der Waals surface area contributed by atoms with Crippen LogP contribution in [0.2, 0.25) is 0 Å². The number of carbonyl (C=O) groups is 2. The lowest BCUT2D eigenvalue weighted by atomic mass is 10.1. The minimum Gasteiger partial charge on any atom is -0.486 e. The van der Waals surface area contributed by atoms with Crippen LogP contribution in [0.15, 0.2) is 42.5 Å². The Morgan fingerprint density at radius 1 is 0.962 bits per heavy atom. The van der Waals surface area contributed by atoms with Gasteiger partial charge in [-0.2, -0.15) is 0 Å². The molecule has 3 amide bonds. The molecule has 3 N–H and O–H groups in total. The Kier molecular flexibility index (Phi) is 5.58. The van der Waals surface area contributed by atoms with Gasteiger partial charge < -0.3 is 25.4 Å². The van der Waals surface area contributed by atoms with E-state index >= 15 is 0 Å². The molecular weight excluding hydrogens is 334 g/mol. The average molecular weight is 355 g/mol. The quantitative estimate of drug-likeness (QED) is 0.769. The first-order chi connectivity index (χ1) is 12.6. The van der Waals surface area contributed by atoms with Crippen LogP contribution in [-0.2, 0) is 11.2 Å². The standard InChI is InChI=1S/C19H21N3O4/c1-13(23)21-15-3-2-4-16(12-15)22-19(24)20-8-7-14-5-6-17-18(11-14)26-10-9-25-17/h2-6,11-12H,7-10H2,1H3,(H,21,23)(H2,20,22,24). The molecule has 0 aromatic heterocycles. The van der Waals surface area contributed by atoms with E-state index in [4.69, 9.17) is 9.47 Å². The van der Waals surface area contributed by atoms with E-state index in [1.807, 2.05) is 18.2 Å². The Morgan fingerprint density at radius 3 is 2.46 bits per heavy atom. The molecule has 0 fully saturated rings. The summed E-state index contributed by atoms with van der Waals surface area (Å²) in [7, 11) is 0. The van der Waals surface area contributed by atoms with Crippen molar-refractivity contribution in [2.24, 2.45) is 0 Å². The van der Waals surface area contributed by atoms with Crippen LogP contribution in [0.5, 0.6) is 11.5 Å². The number of benzene rings is 2. The van der Waals surface area contributed by atoms with Gasteiger partial charge in [0.25, 0.3) is 0 Å². The highest BCUT2D eigenvalue weighted by atomic mass is 16.6. The zero-order valence-electron chi connectivity index (χ0n) is 14.5. The maximum absolute atomic E-state index is 12.0. The van der Waals surface area contributed by atoms with E-state index in [9.17, 15) is 9.59 Å². The molecule has 0 saturated carbocycles. The Morgan fingerprint density at radius 2 is 1.69 bits per heavy atom. The van der Waals surface area contributed by atoms with E-state index in [1.165, 1.54) is 6.92 Å². The average Bonchev–Trinajstić information content (AvgIpc) is 2.61. The molecule has 0 bridgehead atoms. The third kappa shape index (κ3) is 4.89. The van der Waals surface area contributed by atoms with Crippen molar-refractivity contribution in [3.05, 3.63) is 48.0 Å². The molecule has 0 unspecified atom stereocenters. The lowest BCUT2D eigenvalue weighted by Crippen LogP contribution is -2.30. The summed E-state index contributed by atoms with van der Waals surface area (Å²) in [6.45, 7) is 3.04. The number of hydrogen-bond donors (Lipinski definition) is 3. The number of amides is 3. The van der Waals surface area contributed by atoms with Gasteiger partial charge in [0, 0.05) is 24.8 Å². The Bertz CT molecular complexity index is 807. The van der Waals surface area contributed by atoms with Crippen LogP contribution < -0.4 is 25.4 Å². The summed E-state index contributed by atoms with van der Waals surface area (Å²) in [5, 5.41) is 8.23. The van der Waals surface area contributed by atoms with Crippen LogP contribution in [0.3, 0.4) is 0 Å². The third-order valence-corrected chi connectivity index (χ3v) is 3.75. The summed E-state index contributed by atoms with van der Waals surface area (Å²) < 4.78 is 11.0. The first-order valence-electron chi connectivity index (χ1n) is 8.41. The van der Waals surface area contributed by atoms with Crippen molar-refractivity contribution in [3.8, 4) is 11.5 Å². The van der Waals surface area contributed by atoms with E-state index in [0.717, 1.165) is 17.1 Å². The summed E-state index contributed by atoms with van der Waals surface area (Å²) in [4.78, 5) is 23.1. The molecule has 26 heavy (non-hydrogen) atoms. The lowest BCUT2D eigenvalue weighted by Gasteiger charge is -2.18. The van der Waals surface area contributed by atoms with E-state index < -0.39 is 0 Å². The normalized spacial score (nSPS) is 12.2. The zero-order chi connectivity index (χ0) is 18.4. The minimum atomic E-state index is -0.303. The van der Waals surface area contributed by atoms with Gasteiger partial charge in [-0.1, -0.05) is 12.1 Å². The summed E-state index contributed by atoms with van der Waals surface area (Å²) >= 11 is 0. The van der Waals surface area contributed by atoms with Crippen molar-refractivity contribution in [1.29, 1.82) is 0 Å². The molecular formula is C19H21N3O4. The van der Waals surface area contributed by atoms with Gasteiger partial charge in [-0.15, -0.1) is 0 Å². The monoisotopic (exact) mass is 355 g/mol. The van der Waals surface area contributed by atoms with E-state index in [2.05, 4.69) is 16.0 Å². The van der Waals surface area contributed by atoms with Gasteiger partial charge in [-0.3, -0.25) is 4.79 Å². The molecule has 1 aliphatic rings. The number of carbonyl (C=O) groups excluding carboxylic acids is 2. The first kappa shape index (κ1) is 17.6. The zero-order valence-corrected chi connectivity index (χ0v) is 14.5. The molecule has 0 atom stereocenters. The molecule has 0 spiro atoms. The predicted molar refractivity (Wildman–Crippen MR) is 98.9 cm³/mol. The highest BCUT2D eigenvalue weighted by molar-refractivity contribution is 5.92.